The maximum absolute atomic E-state index is 5.75. The second-order valence-corrected chi connectivity index (χ2v) is 4.88. The van der Waals surface area contributed by atoms with Crippen molar-refractivity contribution >= 4 is 10.9 Å². The van der Waals surface area contributed by atoms with Crippen LogP contribution in [0.3, 0.4) is 0 Å². The van der Waals surface area contributed by atoms with Crippen LogP contribution < -0.4 is 10.1 Å². The summed E-state index contributed by atoms with van der Waals surface area (Å²) in [4.78, 5) is 0. The van der Waals surface area contributed by atoms with E-state index in [0.29, 0.717) is 6.61 Å². The molecular formula is C17H19N3O. The molecule has 21 heavy (non-hydrogen) atoms. The van der Waals surface area contributed by atoms with E-state index < -0.39 is 0 Å². The quantitative estimate of drug-likeness (QED) is 0.755. The number of hydrogen-bond donors (Lipinski definition) is 1. The summed E-state index contributed by atoms with van der Waals surface area (Å²) < 4.78 is 7.77. The first-order valence-electron chi connectivity index (χ1n) is 7.15. The first kappa shape index (κ1) is 13.6. The van der Waals surface area contributed by atoms with Crippen molar-refractivity contribution < 1.29 is 4.74 Å². The van der Waals surface area contributed by atoms with Crippen molar-refractivity contribution in [1.29, 1.82) is 0 Å². The first-order chi connectivity index (χ1) is 10.4. The van der Waals surface area contributed by atoms with Crippen LogP contribution in [0.5, 0.6) is 5.75 Å². The number of para-hydroxylation sites is 2. The van der Waals surface area contributed by atoms with Gasteiger partial charge < -0.3 is 10.1 Å². The van der Waals surface area contributed by atoms with Crippen LogP contribution in [0.15, 0.2) is 54.6 Å². The molecule has 3 aromatic rings. The monoisotopic (exact) mass is 281 g/mol. The molecule has 0 unspecified atom stereocenters. The number of hydrogen-bond acceptors (Lipinski definition) is 3. The van der Waals surface area contributed by atoms with E-state index in [9.17, 15) is 0 Å². The Balaban J connectivity index is 1.74. The summed E-state index contributed by atoms with van der Waals surface area (Å²) in [5.74, 6) is 0.893. The summed E-state index contributed by atoms with van der Waals surface area (Å²) in [5.41, 5.74) is 2.23. The van der Waals surface area contributed by atoms with Crippen molar-refractivity contribution in [3.05, 3.63) is 60.3 Å². The largest absolute Gasteiger partial charge is 0.492 e. The molecule has 0 bridgehead atoms. The fourth-order valence-corrected chi connectivity index (χ4v) is 2.43. The number of nitrogens with zero attached hydrogens (tertiary/aromatic N) is 2. The van der Waals surface area contributed by atoms with Gasteiger partial charge in [-0.2, -0.15) is 5.10 Å². The minimum absolute atomic E-state index is 0.606. The molecule has 1 heterocycles. The molecule has 0 fully saturated rings. The Bertz CT molecular complexity index is 706. The molecule has 108 valence electrons. The van der Waals surface area contributed by atoms with E-state index >= 15 is 0 Å². The van der Waals surface area contributed by atoms with Crippen LogP contribution in [0.25, 0.3) is 10.9 Å². The Morgan fingerprint density at radius 3 is 2.62 bits per heavy atom. The Kier molecular flexibility index (Phi) is 4.17. The molecule has 0 spiro atoms. The molecule has 1 aromatic heterocycles. The highest BCUT2D eigenvalue weighted by Gasteiger charge is 2.08. The lowest BCUT2D eigenvalue weighted by Gasteiger charge is -2.06. The van der Waals surface area contributed by atoms with E-state index in [0.717, 1.165) is 30.0 Å². The maximum Gasteiger partial charge on any atom is 0.119 e. The lowest BCUT2D eigenvalue weighted by Crippen LogP contribution is -2.11. The van der Waals surface area contributed by atoms with Crippen molar-refractivity contribution in [1.82, 2.24) is 15.1 Å². The smallest absolute Gasteiger partial charge is 0.119 e. The predicted molar refractivity (Wildman–Crippen MR) is 84.4 cm³/mol. The van der Waals surface area contributed by atoms with Gasteiger partial charge in [0.25, 0.3) is 0 Å². The second-order valence-electron chi connectivity index (χ2n) is 4.88. The lowest BCUT2D eigenvalue weighted by molar-refractivity contribution is 0.293. The van der Waals surface area contributed by atoms with Gasteiger partial charge in [-0.3, -0.25) is 4.68 Å². The fourth-order valence-electron chi connectivity index (χ4n) is 2.43. The molecule has 4 nitrogen and oxygen atoms in total. The van der Waals surface area contributed by atoms with Crippen LogP contribution in [0, 0.1) is 0 Å². The van der Waals surface area contributed by atoms with E-state index in [1.54, 1.807) is 0 Å². The SMILES string of the molecule is CNCc1nn(CCOc2ccccc2)c2ccccc12. The van der Waals surface area contributed by atoms with Gasteiger partial charge in [-0.1, -0.05) is 36.4 Å². The third-order valence-electron chi connectivity index (χ3n) is 3.39. The van der Waals surface area contributed by atoms with Gasteiger partial charge in [0.15, 0.2) is 0 Å². The molecule has 0 aliphatic rings. The van der Waals surface area contributed by atoms with E-state index in [1.807, 2.05) is 54.2 Å². The Morgan fingerprint density at radius 2 is 1.81 bits per heavy atom. The molecule has 0 aliphatic carbocycles. The standard InChI is InChI=1S/C17H19N3O/c1-18-13-16-15-9-5-6-10-17(15)20(19-16)11-12-21-14-7-3-2-4-8-14/h2-10,18H,11-13H2,1H3. The van der Waals surface area contributed by atoms with Crippen molar-refractivity contribution in [3.63, 3.8) is 0 Å². The minimum Gasteiger partial charge on any atom is -0.492 e. The van der Waals surface area contributed by atoms with Crippen LogP contribution in [0.4, 0.5) is 0 Å². The molecule has 0 saturated carbocycles. The fraction of sp³-hybridized carbons (Fsp3) is 0.235. The molecule has 0 atom stereocenters. The van der Waals surface area contributed by atoms with Crippen molar-refractivity contribution in [2.45, 2.75) is 13.1 Å². The highest BCUT2D eigenvalue weighted by atomic mass is 16.5. The van der Waals surface area contributed by atoms with E-state index in [1.165, 1.54) is 5.39 Å². The van der Waals surface area contributed by atoms with Crippen LogP contribution in [0.2, 0.25) is 0 Å². The zero-order valence-corrected chi connectivity index (χ0v) is 12.1. The minimum atomic E-state index is 0.606. The average molecular weight is 281 g/mol. The molecule has 2 aromatic carbocycles. The molecule has 0 radical (unpaired) electrons. The summed E-state index contributed by atoms with van der Waals surface area (Å²) in [6.45, 7) is 2.11. The Labute approximate surface area is 124 Å². The zero-order valence-electron chi connectivity index (χ0n) is 12.1. The summed E-state index contributed by atoms with van der Waals surface area (Å²) in [6.07, 6.45) is 0. The second kappa shape index (κ2) is 6.41. The van der Waals surface area contributed by atoms with Crippen LogP contribution in [-0.4, -0.2) is 23.4 Å². The zero-order chi connectivity index (χ0) is 14.5. The Hall–Kier alpha value is -2.33. The van der Waals surface area contributed by atoms with E-state index in [4.69, 9.17) is 4.74 Å². The first-order valence-corrected chi connectivity index (χ1v) is 7.15. The van der Waals surface area contributed by atoms with Crippen molar-refractivity contribution in [2.75, 3.05) is 13.7 Å². The maximum atomic E-state index is 5.75. The van der Waals surface area contributed by atoms with E-state index in [-0.39, 0.29) is 0 Å². The van der Waals surface area contributed by atoms with Gasteiger partial charge in [-0.25, -0.2) is 0 Å². The van der Waals surface area contributed by atoms with Gasteiger partial charge >= 0.3 is 0 Å². The van der Waals surface area contributed by atoms with Crippen LogP contribution >= 0.6 is 0 Å². The number of nitrogens with one attached hydrogen (secondary N) is 1. The topological polar surface area (TPSA) is 39.1 Å². The van der Waals surface area contributed by atoms with Crippen LogP contribution in [-0.2, 0) is 13.1 Å². The third-order valence-corrected chi connectivity index (χ3v) is 3.39. The molecular weight excluding hydrogens is 262 g/mol. The molecule has 0 aliphatic heterocycles. The number of fused-ring (bicyclic) bond motifs is 1. The molecule has 0 saturated heterocycles. The summed E-state index contributed by atoms with van der Waals surface area (Å²) in [7, 11) is 1.94. The van der Waals surface area contributed by atoms with Gasteiger partial charge in [0.1, 0.15) is 12.4 Å². The third kappa shape index (κ3) is 3.06. The molecule has 1 N–H and O–H groups in total. The van der Waals surface area contributed by atoms with Gasteiger partial charge in [0, 0.05) is 11.9 Å². The number of aromatic nitrogens is 2. The molecule has 4 heteroatoms. The van der Waals surface area contributed by atoms with Gasteiger partial charge in [0.05, 0.1) is 17.8 Å². The van der Waals surface area contributed by atoms with Gasteiger partial charge in [-0.05, 0) is 25.2 Å². The highest BCUT2D eigenvalue weighted by Crippen LogP contribution is 2.18. The van der Waals surface area contributed by atoms with Crippen molar-refractivity contribution in [3.8, 4) is 5.75 Å². The molecule has 0 amide bonds. The van der Waals surface area contributed by atoms with Gasteiger partial charge in [0.2, 0.25) is 0 Å². The van der Waals surface area contributed by atoms with E-state index in [2.05, 4.69) is 22.5 Å². The Morgan fingerprint density at radius 1 is 1.05 bits per heavy atom. The summed E-state index contributed by atoms with van der Waals surface area (Å²) in [5, 5.41) is 9.05. The van der Waals surface area contributed by atoms with Crippen LogP contribution in [0.1, 0.15) is 5.69 Å². The lowest BCUT2D eigenvalue weighted by atomic mass is 10.2. The van der Waals surface area contributed by atoms with Gasteiger partial charge in [-0.15, -0.1) is 0 Å². The highest BCUT2D eigenvalue weighted by molar-refractivity contribution is 5.81. The summed E-state index contributed by atoms with van der Waals surface area (Å²) in [6, 6.07) is 18.2. The number of benzene rings is 2. The number of rotatable bonds is 6. The van der Waals surface area contributed by atoms with Crippen molar-refractivity contribution in [2.24, 2.45) is 0 Å². The molecule has 3 rings (SSSR count). The summed E-state index contributed by atoms with van der Waals surface area (Å²) >= 11 is 0. The predicted octanol–water partition coefficient (Wildman–Crippen LogP) is 2.83. The normalized spacial score (nSPS) is 10.9. The average Bonchev–Trinajstić information content (AvgIpc) is 2.87. The number of ether oxygens (including phenoxy) is 1.